The first-order valence-electron chi connectivity index (χ1n) is 10.6. The van der Waals surface area contributed by atoms with E-state index < -0.39 is 5.97 Å². The normalized spacial score (nSPS) is 10.6. The highest BCUT2D eigenvalue weighted by atomic mass is 35.5. The van der Waals surface area contributed by atoms with E-state index in [1.807, 2.05) is 0 Å². The number of carbonyl (C=O) groups is 3. The molecule has 2 aromatic carbocycles. The third kappa shape index (κ3) is 5.81. The van der Waals surface area contributed by atoms with Gasteiger partial charge in [0.25, 0.3) is 11.8 Å². The molecule has 0 saturated heterocycles. The summed E-state index contributed by atoms with van der Waals surface area (Å²) < 4.78 is 11.5. The molecule has 0 fully saturated rings. The molecule has 3 rings (SSSR count). The fraction of sp³-hybridized carbons (Fsp3) is 0.250. The SMILES string of the molecule is CCOC(=O)c1cnn(-c2ccc(C(=O)Nc3ccc(C(=O)NCCOC)c(Cl)c3)cc2)c1C. The molecule has 178 valence electrons. The molecule has 0 atom stereocenters. The van der Waals surface area contributed by atoms with E-state index in [1.54, 1.807) is 62.0 Å². The quantitative estimate of drug-likeness (QED) is 0.354. The van der Waals surface area contributed by atoms with E-state index in [0.29, 0.717) is 46.9 Å². The largest absolute Gasteiger partial charge is 0.462 e. The minimum absolute atomic E-state index is 0.217. The van der Waals surface area contributed by atoms with Crippen molar-refractivity contribution in [3.05, 3.63) is 76.1 Å². The number of nitrogens with one attached hydrogen (secondary N) is 2. The predicted molar refractivity (Wildman–Crippen MR) is 128 cm³/mol. The number of benzene rings is 2. The molecule has 0 aliphatic rings. The monoisotopic (exact) mass is 484 g/mol. The molecule has 0 unspecified atom stereocenters. The van der Waals surface area contributed by atoms with Crippen molar-refractivity contribution in [2.75, 3.05) is 32.2 Å². The Balaban J connectivity index is 1.68. The standard InChI is InChI=1S/C24H25ClN4O5/c1-4-34-24(32)20-14-27-29(15(20)2)18-8-5-16(6-9-18)22(30)28-17-7-10-19(21(25)13-17)23(31)26-11-12-33-3/h5-10,13-14H,4,11-12H2,1-3H3,(H,26,31)(H,28,30). The summed E-state index contributed by atoms with van der Waals surface area (Å²) in [6.07, 6.45) is 1.46. The molecule has 2 N–H and O–H groups in total. The summed E-state index contributed by atoms with van der Waals surface area (Å²) in [6.45, 7) is 4.55. The van der Waals surface area contributed by atoms with Gasteiger partial charge in [0.05, 0.1) is 41.4 Å². The van der Waals surface area contributed by atoms with Crippen LogP contribution in [0.5, 0.6) is 0 Å². The van der Waals surface area contributed by atoms with Gasteiger partial charge in [-0.15, -0.1) is 0 Å². The van der Waals surface area contributed by atoms with E-state index in [0.717, 1.165) is 0 Å². The molecule has 1 aromatic heterocycles. The molecule has 1 heterocycles. The number of halogens is 1. The third-order valence-corrected chi connectivity index (χ3v) is 5.26. The second-order valence-corrected chi connectivity index (χ2v) is 7.63. The molecular weight excluding hydrogens is 460 g/mol. The number of methoxy groups -OCH3 is 1. The number of hydrogen-bond donors (Lipinski definition) is 2. The number of amides is 2. The lowest BCUT2D eigenvalue weighted by molar-refractivity contribution is 0.0525. The van der Waals surface area contributed by atoms with Crippen LogP contribution in [0.1, 0.15) is 43.7 Å². The van der Waals surface area contributed by atoms with Gasteiger partial charge in [-0.05, 0) is 56.3 Å². The van der Waals surface area contributed by atoms with Crippen LogP contribution in [0, 0.1) is 6.92 Å². The van der Waals surface area contributed by atoms with Crippen LogP contribution in [-0.2, 0) is 9.47 Å². The Labute approximate surface area is 202 Å². The topological polar surface area (TPSA) is 112 Å². The minimum atomic E-state index is -0.431. The predicted octanol–water partition coefficient (Wildman–Crippen LogP) is 3.64. The van der Waals surface area contributed by atoms with E-state index >= 15 is 0 Å². The summed E-state index contributed by atoms with van der Waals surface area (Å²) in [7, 11) is 1.55. The minimum Gasteiger partial charge on any atom is -0.462 e. The smallest absolute Gasteiger partial charge is 0.341 e. The van der Waals surface area contributed by atoms with Gasteiger partial charge in [0.2, 0.25) is 0 Å². The Kier molecular flexibility index (Phi) is 8.39. The first-order chi connectivity index (χ1) is 16.3. The summed E-state index contributed by atoms with van der Waals surface area (Å²) >= 11 is 6.23. The maximum absolute atomic E-state index is 12.7. The van der Waals surface area contributed by atoms with Gasteiger partial charge in [0.15, 0.2) is 0 Å². The molecule has 34 heavy (non-hydrogen) atoms. The zero-order valence-electron chi connectivity index (χ0n) is 19.1. The van der Waals surface area contributed by atoms with E-state index in [4.69, 9.17) is 21.1 Å². The lowest BCUT2D eigenvalue weighted by Crippen LogP contribution is -2.27. The lowest BCUT2D eigenvalue weighted by Gasteiger charge is -2.10. The number of rotatable bonds is 9. The van der Waals surface area contributed by atoms with E-state index in [2.05, 4.69) is 15.7 Å². The van der Waals surface area contributed by atoms with Crippen LogP contribution in [0.15, 0.2) is 48.7 Å². The zero-order chi connectivity index (χ0) is 24.7. The number of esters is 1. The molecule has 2 amide bonds. The highest BCUT2D eigenvalue weighted by molar-refractivity contribution is 6.34. The van der Waals surface area contributed by atoms with Gasteiger partial charge in [-0.1, -0.05) is 11.6 Å². The van der Waals surface area contributed by atoms with Crippen LogP contribution in [0.25, 0.3) is 5.69 Å². The van der Waals surface area contributed by atoms with Crippen LogP contribution in [0.4, 0.5) is 5.69 Å². The second-order valence-electron chi connectivity index (χ2n) is 7.22. The number of aromatic nitrogens is 2. The summed E-state index contributed by atoms with van der Waals surface area (Å²) in [6, 6.07) is 11.4. The van der Waals surface area contributed by atoms with Crippen LogP contribution in [0.2, 0.25) is 5.02 Å². The molecule has 10 heteroatoms. The van der Waals surface area contributed by atoms with E-state index in [1.165, 1.54) is 12.3 Å². The Morgan fingerprint density at radius 3 is 2.44 bits per heavy atom. The zero-order valence-corrected chi connectivity index (χ0v) is 19.8. The number of carbonyl (C=O) groups excluding carboxylic acids is 3. The van der Waals surface area contributed by atoms with Gasteiger partial charge >= 0.3 is 5.97 Å². The molecule has 9 nitrogen and oxygen atoms in total. The van der Waals surface area contributed by atoms with E-state index in [-0.39, 0.29) is 23.4 Å². The molecule has 0 saturated carbocycles. The van der Waals surface area contributed by atoms with Crippen molar-refractivity contribution >= 4 is 35.1 Å². The Hall–Kier alpha value is -3.69. The first kappa shape index (κ1) is 24.9. The van der Waals surface area contributed by atoms with Crippen molar-refractivity contribution in [1.82, 2.24) is 15.1 Å². The summed E-state index contributed by atoms with van der Waals surface area (Å²) in [5.74, 6) is -1.10. The Bertz CT molecular complexity index is 1190. The molecule has 0 aliphatic carbocycles. The molecule has 3 aromatic rings. The average molecular weight is 485 g/mol. The fourth-order valence-corrected chi connectivity index (χ4v) is 3.44. The number of ether oxygens (including phenoxy) is 2. The van der Waals surface area contributed by atoms with E-state index in [9.17, 15) is 14.4 Å². The number of nitrogens with zero attached hydrogens (tertiary/aromatic N) is 2. The summed E-state index contributed by atoms with van der Waals surface area (Å²) in [5, 5.41) is 9.92. The molecular formula is C24H25ClN4O5. The summed E-state index contributed by atoms with van der Waals surface area (Å²) in [5.41, 5.74) is 2.88. The summed E-state index contributed by atoms with van der Waals surface area (Å²) in [4.78, 5) is 36.8. The molecule has 0 radical (unpaired) electrons. The van der Waals surface area contributed by atoms with Crippen molar-refractivity contribution in [1.29, 1.82) is 0 Å². The van der Waals surface area contributed by atoms with Crippen molar-refractivity contribution in [3.8, 4) is 5.69 Å². The van der Waals surface area contributed by atoms with Gasteiger partial charge in [0.1, 0.15) is 5.56 Å². The van der Waals surface area contributed by atoms with Crippen molar-refractivity contribution in [2.45, 2.75) is 13.8 Å². The van der Waals surface area contributed by atoms with Crippen LogP contribution >= 0.6 is 11.6 Å². The Morgan fingerprint density at radius 2 is 1.79 bits per heavy atom. The highest BCUT2D eigenvalue weighted by Gasteiger charge is 2.17. The van der Waals surface area contributed by atoms with Gasteiger partial charge in [-0.2, -0.15) is 5.10 Å². The van der Waals surface area contributed by atoms with Crippen molar-refractivity contribution in [3.63, 3.8) is 0 Å². The van der Waals surface area contributed by atoms with Gasteiger partial charge in [0, 0.05) is 24.9 Å². The lowest BCUT2D eigenvalue weighted by atomic mass is 10.1. The average Bonchev–Trinajstić information content (AvgIpc) is 3.20. The number of hydrogen-bond acceptors (Lipinski definition) is 6. The maximum Gasteiger partial charge on any atom is 0.341 e. The van der Waals surface area contributed by atoms with Gasteiger partial charge in [-0.25, -0.2) is 9.48 Å². The van der Waals surface area contributed by atoms with Gasteiger partial charge < -0.3 is 20.1 Å². The first-order valence-corrected chi connectivity index (χ1v) is 10.9. The number of anilines is 1. The highest BCUT2D eigenvalue weighted by Crippen LogP contribution is 2.22. The maximum atomic E-state index is 12.7. The molecule has 0 spiro atoms. The van der Waals surface area contributed by atoms with Crippen LogP contribution in [0.3, 0.4) is 0 Å². The van der Waals surface area contributed by atoms with Crippen molar-refractivity contribution < 1.29 is 23.9 Å². The van der Waals surface area contributed by atoms with Crippen LogP contribution in [-0.4, -0.2) is 54.4 Å². The molecule has 0 bridgehead atoms. The van der Waals surface area contributed by atoms with Crippen molar-refractivity contribution in [2.24, 2.45) is 0 Å². The van der Waals surface area contributed by atoms with Gasteiger partial charge in [-0.3, -0.25) is 9.59 Å². The fourth-order valence-electron chi connectivity index (χ4n) is 3.18. The Morgan fingerprint density at radius 1 is 1.06 bits per heavy atom. The third-order valence-electron chi connectivity index (χ3n) is 4.94. The molecule has 0 aliphatic heterocycles. The van der Waals surface area contributed by atoms with Crippen LogP contribution < -0.4 is 10.6 Å². The second kappa shape index (κ2) is 11.4.